The lowest BCUT2D eigenvalue weighted by Crippen LogP contribution is -2.32. The lowest BCUT2D eigenvalue weighted by Gasteiger charge is -2.21. The van der Waals surface area contributed by atoms with E-state index >= 15 is 0 Å². The standard InChI is InChI=1S/C39H55N3O2/c1-4-7-8-9-10-11-12-13-14-15-16-17-18-19-20-23-30-40-39(44)36-31-37(34-24-21-22-25-35(34)38(36)43)41-32-26-28-33(29-27-32)42(5-2)6-3/h13-14,21-22,24-29,31H,4-12,15-20,23,30H2,1-3H3,(H,40,44)/b14-13+,41-37?. The summed E-state index contributed by atoms with van der Waals surface area (Å²) in [4.78, 5) is 33.5. The highest BCUT2D eigenvalue weighted by Gasteiger charge is 2.28. The van der Waals surface area contributed by atoms with Crippen molar-refractivity contribution in [3.05, 3.63) is 83.5 Å². The maximum Gasteiger partial charge on any atom is 0.255 e. The van der Waals surface area contributed by atoms with E-state index in [1.807, 2.05) is 30.3 Å². The second kappa shape index (κ2) is 20.5. The summed E-state index contributed by atoms with van der Waals surface area (Å²) in [5.41, 5.74) is 4.02. The molecular formula is C39H55N3O2. The molecule has 3 rings (SSSR count). The summed E-state index contributed by atoms with van der Waals surface area (Å²) >= 11 is 0. The van der Waals surface area contributed by atoms with E-state index in [4.69, 9.17) is 4.99 Å². The number of amides is 1. The number of aliphatic imine (C=N–C) groups is 1. The van der Waals surface area contributed by atoms with Crippen LogP contribution in [0.1, 0.15) is 127 Å². The van der Waals surface area contributed by atoms with E-state index in [0.29, 0.717) is 17.8 Å². The van der Waals surface area contributed by atoms with Gasteiger partial charge in [0, 0.05) is 36.4 Å². The molecule has 1 amide bonds. The van der Waals surface area contributed by atoms with Crippen LogP contribution in [0.25, 0.3) is 0 Å². The average molecular weight is 598 g/mol. The number of Topliss-reactive ketones (excluding diaryl/α,β-unsaturated/α-hetero) is 1. The number of fused-ring (bicyclic) bond motifs is 1. The molecule has 2 aromatic rings. The Balaban J connectivity index is 1.40. The Hall–Kier alpha value is -3.47. The molecule has 5 nitrogen and oxygen atoms in total. The summed E-state index contributed by atoms with van der Waals surface area (Å²) in [6.07, 6.45) is 23.9. The number of nitrogens with zero attached hydrogens (tertiary/aromatic N) is 2. The van der Waals surface area contributed by atoms with Crippen LogP contribution in [0.2, 0.25) is 0 Å². The molecule has 0 atom stereocenters. The van der Waals surface area contributed by atoms with Gasteiger partial charge < -0.3 is 10.2 Å². The van der Waals surface area contributed by atoms with Crippen LogP contribution in [-0.4, -0.2) is 37.0 Å². The number of unbranched alkanes of at least 4 members (excludes halogenated alkanes) is 12. The maximum atomic E-state index is 13.2. The van der Waals surface area contributed by atoms with Gasteiger partial charge in [0.25, 0.3) is 5.91 Å². The van der Waals surface area contributed by atoms with Crippen molar-refractivity contribution in [2.24, 2.45) is 4.99 Å². The Bertz CT molecular complexity index is 1240. The molecule has 0 unspecified atom stereocenters. The largest absolute Gasteiger partial charge is 0.372 e. The number of nitrogens with one attached hydrogen (secondary N) is 1. The summed E-state index contributed by atoms with van der Waals surface area (Å²) in [5.74, 6) is -0.559. The van der Waals surface area contributed by atoms with Crippen molar-refractivity contribution in [2.75, 3.05) is 24.5 Å². The van der Waals surface area contributed by atoms with Gasteiger partial charge in [-0.3, -0.25) is 9.59 Å². The highest BCUT2D eigenvalue weighted by molar-refractivity contribution is 6.35. The van der Waals surface area contributed by atoms with E-state index in [2.05, 4.69) is 55.3 Å². The Morgan fingerprint density at radius 3 is 1.91 bits per heavy atom. The molecule has 0 fully saturated rings. The molecule has 1 N–H and O–H groups in total. The number of allylic oxidation sites excluding steroid dienone is 3. The normalized spacial score (nSPS) is 13.8. The van der Waals surface area contributed by atoms with E-state index < -0.39 is 0 Å². The van der Waals surface area contributed by atoms with Gasteiger partial charge in [0.1, 0.15) is 0 Å². The van der Waals surface area contributed by atoms with Crippen molar-refractivity contribution in [1.29, 1.82) is 0 Å². The average Bonchev–Trinajstić information content (AvgIpc) is 3.05. The molecule has 1 aliphatic carbocycles. The minimum atomic E-state index is -0.318. The quantitative estimate of drug-likeness (QED) is 0.0885. The zero-order valence-corrected chi connectivity index (χ0v) is 27.6. The van der Waals surface area contributed by atoms with Crippen molar-refractivity contribution in [3.63, 3.8) is 0 Å². The van der Waals surface area contributed by atoms with Crippen LogP contribution in [0.4, 0.5) is 11.4 Å². The zero-order valence-electron chi connectivity index (χ0n) is 27.6. The number of rotatable bonds is 21. The van der Waals surface area contributed by atoms with E-state index in [9.17, 15) is 9.59 Å². The summed E-state index contributed by atoms with van der Waals surface area (Å²) in [6, 6.07) is 15.5. The first kappa shape index (κ1) is 35.0. The fraction of sp³-hybridized carbons (Fsp3) is 0.513. The Morgan fingerprint density at radius 2 is 1.30 bits per heavy atom. The third kappa shape index (κ3) is 11.6. The Morgan fingerprint density at radius 1 is 0.727 bits per heavy atom. The van der Waals surface area contributed by atoms with Gasteiger partial charge in [0.15, 0.2) is 5.78 Å². The molecule has 5 heteroatoms. The van der Waals surface area contributed by atoms with Crippen LogP contribution in [0, 0.1) is 0 Å². The summed E-state index contributed by atoms with van der Waals surface area (Å²) in [6.45, 7) is 9.01. The minimum Gasteiger partial charge on any atom is -0.372 e. The van der Waals surface area contributed by atoms with Gasteiger partial charge >= 0.3 is 0 Å². The van der Waals surface area contributed by atoms with Gasteiger partial charge in [0.05, 0.1) is 17.0 Å². The summed E-state index contributed by atoms with van der Waals surface area (Å²) < 4.78 is 0. The first-order chi connectivity index (χ1) is 21.6. The summed E-state index contributed by atoms with van der Waals surface area (Å²) in [5, 5.41) is 2.98. The van der Waals surface area contributed by atoms with Gasteiger partial charge in [0.2, 0.25) is 0 Å². The zero-order chi connectivity index (χ0) is 31.4. The number of ketones is 1. The molecule has 238 valence electrons. The molecule has 0 spiro atoms. The Labute approximate surface area is 266 Å². The van der Waals surface area contributed by atoms with Gasteiger partial charge in [-0.25, -0.2) is 4.99 Å². The van der Waals surface area contributed by atoms with Crippen molar-refractivity contribution in [2.45, 2.75) is 111 Å². The van der Waals surface area contributed by atoms with Gasteiger partial charge in [-0.2, -0.15) is 0 Å². The number of carbonyl (C=O) groups is 2. The predicted molar refractivity (Wildman–Crippen MR) is 188 cm³/mol. The lowest BCUT2D eigenvalue weighted by atomic mass is 9.88. The molecule has 0 heterocycles. The van der Waals surface area contributed by atoms with Gasteiger partial charge in [-0.05, 0) is 76.3 Å². The highest BCUT2D eigenvalue weighted by Crippen LogP contribution is 2.26. The van der Waals surface area contributed by atoms with E-state index in [1.54, 1.807) is 12.1 Å². The SMILES string of the molecule is CCCCCCCC/C=C/CCCCCCCCNC(=O)C1=CC(=Nc2ccc(N(CC)CC)cc2)c2ccccc2C1=O. The smallest absolute Gasteiger partial charge is 0.255 e. The first-order valence-electron chi connectivity index (χ1n) is 17.3. The number of anilines is 1. The number of hydrogen-bond donors (Lipinski definition) is 1. The van der Waals surface area contributed by atoms with Crippen molar-refractivity contribution in [1.82, 2.24) is 5.32 Å². The van der Waals surface area contributed by atoms with E-state index in [1.165, 1.54) is 77.0 Å². The molecule has 0 aliphatic heterocycles. The molecular weight excluding hydrogens is 542 g/mol. The van der Waals surface area contributed by atoms with Crippen molar-refractivity contribution in [3.8, 4) is 0 Å². The molecule has 0 aromatic heterocycles. The van der Waals surface area contributed by atoms with E-state index in [-0.39, 0.29) is 17.3 Å². The van der Waals surface area contributed by atoms with Crippen LogP contribution in [-0.2, 0) is 4.79 Å². The number of benzene rings is 2. The van der Waals surface area contributed by atoms with Crippen LogP contribution >= 0.6 is 0 Å². The fourth-order valence-corrected chi connectivity index (χ4v) is 5.73. The predicted octanol–water partition coefficient (Wildman–Crippen LogP) is 9.93. The molecule has 0 bridgehead atoms. The second-order valence-electron chi connectivity index (χ2n) is 11.8. The van der Waals surface area contributed by atoms with Crippen molar-refractivity contribution >= 4 is 28.8 Å². The fourth-order valence-electron chi connectivity index (χ4n) is 5.73. The third-order valence-electron chi connectivity index (χ3n) is 8.42. The van der Waals surface area contributed by atoms with Crippen molar-refractivity contribution < 1.29 is 9.59 Å². The summed E-state index contributed by atoms with van der Waals surface area (Å²) in [7, 11) is 0. The van der Waals surface area contributed by atoms with Crippen LogP contribution in [0.15, 0.2) is 77.3 Å². The first-order valence-corrected chi connectivity index (χ1v) is 17.3. The van der Waals surface area contributed by atoms with Crippen LogP contribution < -0.4 is 10.2 Å². The minimum absolute atomic E-state index is 0.159. The van der Waals surface area contributed by atoms with Gasteiger partial charge in [-0.15, -0.1) is 0 Å². The van der Waals surface area contributed by atoms with Gasteiger partial charge in [-0.1, -0.05) is 101 Å². The Kier molecular flexibility index (Phi) is 16.3. The second-order valence-corrected chi connectivity index (χ2v) is 11.8. The molecule has 0 radical (unpaired) electrons. The maximum absolute atomic E-state index is 13.2. The molecule has 44 heavy (non-hydrogen) atoms. The van der Waals surface area contributed by atoms with Crippen LogP contribution in [0.5, 0.6) is 0 Å². The van der Waals surface area contributed by atoms with E-state index in [0.717, 1.165) is 42.9 Å². The lowest BCUT2D eigenvalue weighted by molar-refractivity contribution is -0.117. The molecule has 2 aromatic carbocycles. The third-order valence-corrected chi connectivity index (χ3v) is 8.42. The number of carbonyl (C=O) groups excluding carboxylic acids is 2. The molecule has 0 saturated heterocycles. The molecule has 1 aliphatic rings. The van der Waals surface area contributed by atoms with Crippen LogP contribution in [0.3, 0.4) is 0 Å². The topological polar surface area (TPSA) is 61.8 Å². The monoisotopic (exact) mass is 597 g/mol. The number of hydrogen-bond acceptors (Lipinski definition) is 4. The molecule has 0 saturated carbocycles. The highest BCUT2D eigenvalue weighted by atomic mass is 16.2.